The molecule has 0 aliphatic carbocycles. The van der Waals surface area contributed by atoms with Gasteiger partial charge < -0.3 is 15.6 Å². The number of rotatable bonds is 8. The van der Waals surface area contributed by atoms with Crippen LogP contribution in [0.5, 0.6) is 5.75 Å². The molecule has 39 heavy (non-hydrogen) atoms. The number of hydrogen-bond acceptors (Lipinski definition) is 5. The summed E-state index contributed by atoms with van der Waals surface area (Å²) in [4.78, 5) is 18.0. The zero-order valence-corrected chi connectivity index (χ0v) is 22.1. The average molecular weight is 560 g/mol. The lowest BCUT2D eigenvalue weighted by Gasteiger charge is -2.37. The number of carboxylic acids is 1. The Morgan fingerprint density at radius 3 is 2.82 bits per heavy atom. The predicted octanol–water partition coefficient (Wildman–Crippen LogP) is 5.56. The molecule has 0 radical (unpaired) electrons. The minimum atomic E-state index is -1.29. The Morgan fingerprint density at radius 1 is 1.28 bits per heavy atom. The van der Waals surface area contributed by atoms with Gasteiger partial charge in [-0.3, -0.25) is 14.7 Å². The van der Waals surface area contributed by atoms with Gasteiger partial charge in [-0.05, 0) is 67.5 Å². The SMILES string of the molecule is COc1ccc2ncc(Cl)c(C(N)CCC3CCN(CC#Cc4cc(F)cc(F)c4F)CC3CC(=O)O)c2c1. The van der Waals surface area contributed by atoms with Crippen molar-refractivity contribution < 1.29 is 27.8 Å². The van der Waals surface area contributed by atoms with Crippen molar-refractivity contribution in [2.24, 2.45) is 17.6 Å². The van der Waals surface area contributed by atoms with E-state index in [1.54, 1.807) is 13.3 Å². The number of piperidine rings is 1. The van der Waals surface area contributed by atoms with Crippen LogP contribution in [-0.2, 0) is 4.79 Å². The molecule has 1 aliphatic rings. The zero-order chi connectivity index (χ0) is 28.1. The van der Waals surface area contributed by atoms with Crippen LogP contribution in [0.2, 0.25) is 5.02 Å². The molecule has 3 aromatic rings. The first-order valence-corrected chi connectivity index (χ1v) is 13.0. The summed E-state index contributed by atoms with van der Waals surface area (Å²) < 4.78 is 46.1. The van der Waals surface area contributed by atoms with Crippen LogP contribution < -0.4 is 10.5 Å². The van der Waals surface area contributed by atoms with E-state index < -0.39 is 23.4 Å². The molecular weight excluding hydrogens is 531 g/mol. The third-order valence-electron chi connectivity index (χ3n) is 7.22. The van der Waals surface area contributed by atoms with Crippen molar-refractivity contribution in [1.82, 2.24) is 9.88 Å². The van der Waals surface area contributed by atoms with Gasteiger partial charge in [-0.15, -0.1) is 0 Å². The second kappa shape index (κ2) is 12.7. The Labute approximate surface area is 229 Å². The number of carbonyl (C=O) groups is 1. The molecule has 6 nitrogen and oxygen atoms in total. The monoisotopic (exact) mass is 559 g/mol. The van der Waals surface area contributed by atoms with Gasteiger partial charge in [-0.1, -0.05) is 23.4 Å². The first-order valence-electron chi connectivity index (χ1n) is 12.6. The Balaban J connectivity index is 1.43. The number of methoxy groups -OCH3 is 1. The molecule has 206 valence electrons. The molecule has 3 N–H and O–H groups in total. The van der Waals surface area contributed by atoms with Crippen LogP contribution >= 0.6 is 11.6 Å². The normalized spacial score (nSPS) is 18.4. The van der Waals surface area contributed by atoms with Crippen molar-refractivity contribution in [3.63, 3.8) is 0 Å². The van der Waals surface area contributed by atoms with Crippen LogP contribution in [0.3, 0.4) is 0 Å². The van der Waals surface area contributed by atoms with Crippen molar-refractivity contribution in [3.05, 3.63) is 70.1 Å². The third-order valence-corrected chi connectivity index (χ3v) is 7.52. The molecule has 0 spiro atoms. The van der Waals surface area contributed by atoms with E-state index in [4.69, 9.17) is 22.1 Å². The predicted molar refractivity (Wildman–Crippen MR) is 143 cm³/mol. The molecule has 1 fully saturated rings. The van der Waals surface area contributed by atoms with Gasteiger partial charge in [-0.2, -0.15) is 0 Å². The number of pyridine rings is 1. The first kappa shape index (κ1) is 28.7. The van der Waals surface area contributed by atoms with Gasteiger partial charge in [0.2, 0.25) is 0 Å². The highest BCUT2D eigenvalue weighted by Gasteiger charge is 2.31. The van der Waals surface area contributed by atoms with E-state index in [1.165, 1.54) is 0 Å². The maximum absolute atomic E-state index is 13.9. The highest BCUT2D eigenvalue weighted by molar-refractivity contribution is 6.32. The maximum atomic E-state index is 13.9. The first-order chi connectivity index (χ1) is 18.7. The summed E-state index contributed by atoms with van der Waals surface area (Å²) in [6.45, 7) is 1.36. The summed E-state index contributed by atoms with van der Waals surface area (Å²) in [5.74, 6) is 1.62. The molecular formula is C29H29ClF3N3O3. The van der Waals surface area contributed by atoms with E-state index in [2.05, 4.69) is 16.8 Å². The number of aromatic nitrogens is 1. The average Bonchev–Trinajstić information content (AvgIpc) is 2.90. The summed E-state index contributed by atoms with van der Waals surface area (Å²) in [5.41, 5.74) is 7.80. The van der Waals surface area contributed by atoms with Crippen molar-refractivity contribution in [1.29, 1.82) is 0 Å². The fourth-order valence-electron chi connectivity index (χ4n) is 5.24. The Bertz CT molecular complexity index is 1430. The lowest BCUT2D eigenvalue weighted by molar-refractivity contribution is -0.139. The van der Waals surface area contributed by atoms with Crippen LogP contribution in [-0.4, -0.2) is 47.7 Å². The topological polar surface area (TPSA) is 88.7 Å². The summed E-state index contributed by atoms with van der Waals surface area (Å²) in [6.07, 6.45) is 3.61. The number of aliphatic carboxylic acids is 1. The van der Waals surface area contributed by atoms with E-state index in [0.29, 0.717) is 42.8 Å². The van der Waals surface area contributed by atoms with Gasteiger partial charge in [0.25, 0.3) is 0 Å². The highest BCUT2D eigenvalue weighted by Crippen LogP contribution is 2.36. The number of carboxylic acid groups (broad SMARTS) is 1. The van der Waals surface area contributed by atoms with Gasteiger partial charge in [0, 0.05) is 36.7 Å². The van der Waals surface area contributed by atoms with E-state index >= 15 is 0 Å². The highest BCUT2D eigenvalue weighted by atomic mass is 35.5. The van der Waals surface area contributed by atoms with Gasteiger partial charge in [0.15, 0.2) is 11.6 Å². The number of fused-ring (bicyclic) bond motifs is 1. The second-order valence-corrected chi connectivity index (χ2v) is 10.2. The van der Waals surface area contributed by atoms with Crippen LogP contribution in [0.15, 0.2) is 36.5 Å². The summed E-state index contributed by atoms with van der Waals surface area (Å²) in [7, 11) is 1.58. The second-order valence-electron chi connectivity index (χ2n) is 9.78. The number of ether oxygens (including phenoxy) is 1. The summed E-state index contributed by atoms with van der Waals surface area (Å²) in [5, 5.41) is 10.8. The molecule has 4 rings (SSSR count). The van der Waals surface area contributed by atoms with Gasteiger partial charge >= 0.3 is 5.97 Å². The van der Waals surface area contributed by atoms with Crippen LogP contribution in [0.25, 0.3) is 10.9 Å². The molecule has 3 atom stereocenters. The zero-order valence-electron chi connectivity index (χ0n) is 21.4. The van der Waals surface area contributed by atoms with Crippen molar-refractivity contribution in [2.45, 2.75) is 31.7 Å². The molecule has 3 unspecified atom stereocenters. The number of halogens is 4. The molecule has 1 aromatic heterocycles. The van der Waals surface area contributed by atoms with Gasteiger partial charge in [0.1, 0.15) is 11.6 Å². The van der Waals surface area contributed by atoms with Crippen molar-refractivity contribution in [3.8, 4) is 17.6 Å². The molecule has 1 saturated heterocycles. The molecule has 10 heteroatoms. The number of benzene rings is 2. The van der Waals surface area contributed by atoms with E-state index in [9.17, 15) is 23.1 Å². The number of likely N-dealkylation sites (tertiary alicyclic amines) is 1. The largest absolute Gasteiger partial charge is 0.497 e. The Hall–Kier alpha value is -3.32. The maximum Gasteiger partial charge on any atom is 0.303 e. The molecule has 2 aromatic carbocycles. The van der Waals surface area contributed by atoms with E-state index in [-0.39, 0.29) is 36.4 Å². The lowest BCUT2D eigenvalue weighted by Crippen LogP contribution is -2.41. The van der Waals surface area contributed by atoms with E-state index in [0.717, 1.165) is 29.0 Å². The van der Waals surface area contributed by atoms with Gasteiger partial charge in [-0.25, -0.2) is 13.2 Å². The van der Waals surface area contributed by atoms with Crippen molar-refractivity contribution >= 4 is 28.5 Å². The standard InChI is InChI=1S/C29H29ClF3N3O3/c1-39-21-5-7-26-22(14-21)28(23(30)15-35-26)25(34)6-4-17-8-10-36(16-19(17)12-27(37)38)9-2-3-18-11-20(31)13-24(32)29(18)33/h5,7,11,13-15,17,19,25H,4,6,8-10,12,16,34H2,1H3,(H,37,38). The summed E-state index contributed by atoms with van der Waals surface area (Å²) in [6, 6.07) is 6.46. The summed E-state index contributed by atoms with van der Waals surface area (Å²) >= 11 is 6.51. The molecule has 1 aliphatic heterocycles. The number of nitrogens with zero attached hydrogens (tertiary/aromatic N) is 2. The van der Waals surface area contributed by atoms with Gasteiger partial charge in [0.05, 0.1) is 29.8 Å². The van der Waals surface area contributed by atoms with Crippen molar-refractivity contribution in [2.75, 3.05) is 26.7 Å². The Morgan fingerprint density at radius 2 is 2.08 bits per heavy atom. The fraction of sp³-hybridized carbons (Fsp3) is 0.379. The molecule has 0 saturated carbocycles. The minimum absolute atomic E-state index is 0.0102. The number of hydrogen-bond donors (Lipinski definition) is 2. The Kier molecular flexibility index (Phi) is 9.33. The molecule has 0 bridgehead atoms. The lowest BCUT2D eigenvalue weighted by atomic mass is 9.79. The fourth-order valence-corrected chi connectivity index (χ4v) is 5.53. The van der Waals surface area contributed by atoms with Crippen LogP contribution in [0.4, 0.5) is 13.2 Å². The molecule has 0 amide bonds. The smallest absolute Gasteiger partial charge is 0.303 e. The van der Waals surface area contributed by atoms with Crippen LogP contribution in [0, 0.1) is 41.1 Å². The minimum Gasteiger partial charge on any atom is -0.497 e. The number of nitrogens with two attached hydrogens (primary N) is 1. The van der Waals surface area contributed by atoms with E-state index in [1.807, 2.05) is 23.1 Å². The third kappa shape index (κ3) is 7.01. The molecule has 2 heterocycles. The van der Waals surface area contributed by atoms with Crippen LogP contribution in [0.1, 0.15) is 42.9 Å². The quantitative estimate of drug-likeness (QED) is 0.277.